The van der Waals surface area contributed by atoms with Gasteiger partial charge in [-0.25, -0.2) is 4.79 Å². The Kier molecular flexibility index (Phi) is 5.63. The van der Waals surface area contributed by atoms with Crippen LogP contribution in [0, 0.1) is 5.41 Å². The zero-order chi connectivity index (χ0) is 24.0. The number of amidine groups is 1. The van der Waals surface area contributed by atoms with Crippen molar-refractivity contribution in [3.05, 3.63) is 63.8 Å². The summed E-state index contributed by atoms with van der Waals surface area (Å²) in [6, 6.07) is 6.16. The van der Waals surface area contributed by atoms with E-state index in [4.69, 9.17) is 5.73 Å². The average Bonchev–Trinajstić information content (AvgIpc) is 3.52. The molecule has 174 valence electrons. The van der Waals surface area contributed by atoms with E-state index in [0.717, 1.165) is 40.9 Å². The Morgan fingerprint density at radius 2 is 1.88 bits per heavy atom. The minimum atomic E-state index is -4.45. The Bertz CT molecular complexity index is 1240. The molecule has 0 bridgehead atoms. The first-order valence-electron chi connectivity index (χ1n) is 10.6. The highest BCUT2D eigenvalue weighted by Gasteiger charge is 2.31. The van der Waals surface area contributed by atoms with Crippen molar-refractivity contribution >= 4 is 5.84 Å². The summed E-state index contributed by atoms with van der Waals surface area (Å²) >= 11 is 0. The monoisotopic (exact) mass is 458 g/mol. The van der Waals surface area contributed by atoms with Crippen molar-refractivity contribution in [3.8, 4) is 17.1 Å². The highest BCUT2D eigenvalue weighted by molar-refractivity contribution is 5.85. The highest BCUT2D eigenvalue weighted by atomic mass is 19.4. The van der Waals surface area contributed by atoms with E-state index >= 15 is 0 Å². The quantitative estimate of drug-likeness (QED) is 0.436. The minimum absolute atomic E-state index is 0.232. The van der Waals surface area contributed by atoms with Gasteiger partial charge in [0.15, 0.2) is 5.82 Å². The molecule has 2 aromatic heterocycles. The summed E-state index contributed by atoms with van der Waals surface area (Å²) in [5.41, 5.74) is 7.02. The second-order valence-electron chi connectivity index (χ2n) is 9.24. The Morgan fingerprint density at radius 3 is 2.45 bits per heavy atom. The van der Waals surface area contributed by atoms with Crippen LogP contribution in [-0.2, 0) is 12.7 Å². The van der Waals surface area contributed by atoms with E-state index in [-0.39, 0.29) is 17.0 Å². The van der Waals surface area contributed by atoms with Crippen LogP contribution in [0.3, 0.4) is 0 Å². The van der Waals surface area contributed by atoms with Crippen molar-refractivity contribution in [3.63, 3.8) is 0 Å². The predicted octanol–water partition coefficient (Wildman–Crippen LogP) is 4.42. The van der Waals surface area contributed by atoms with Gasteiger partial charge in [0.05, 0.1) is 29.3 Å². The first kappa shape index (κ1) is 22.8. The molecule has 0 amide bonds. The molecule has 0 atom stereocenters. The second-order valence-corrected chi connectivity index (χ2v) is 9.24. The molecule has 3 N–H and O–H groups in total. The average molecular weight is 458 g/mol. The van der Waals surface area contributed by atoms with Gasteiger partial charge in [0.2, 0.25) is 0 Å². The van der Waals surface area contributed by atoms with Gasteiger partial charge in [-0.1, -0.05) is 20.8 Å². The van der Waals surface area contributed by atoms with Gasteiger partial charge in [0, 0.05) is 23.1 Å². The maximum absolute atomic E-state index is 12.9. The summed E-state index contributed by atoms with van der Waals surface area (Å²) < 4.78 is 39.6. The van der Waals surface area contributed by atoms with Crippen LogP contribution < -0.4 is 11.4 Å². The minimum Gasteiger partial charge on any atom is -0.387 e. The van der Waals surface area contributed by atoms with Crippen LogP contribution in [0.25, 0.3) is 17.1 Å². The van der Waals surface area contributed by atoms with Crippen molar-refractivity contribution in [2.24, 2.45) is 16.1 Å². The Balaban J connectivity index is 1.69. The van der Waals surface area contributed by atoms with Gasteiger partial charge in [0.1, 0.15) is 0 Å². The SMILES string of the molecule is CC(C)(C)C(N)=NCc1cnc(C2CC2)c(-c2nn(-c3ccc(C(F)(F)F)cc3)c(=O)[nH]2)c1. The van der Waals surface area contributed by atoms with E-state index in [1.165, 1.54) is 12.1 Å². The summed E-state index contributed by atoms with van der Waals surface area (Å²) in [5.74, 6) is 1.12. The molecule has 10 heteroatoms. The van der Waals surface area contributed by atoms with E-state index in [0.29, 0.717) is 23.8 Å². The van der Waals surface area contributed by atoms with Crippen LogP contribution in [0.15, 0.2) is 46.3 Å². The molecule has 0 aliphatic heterocycles. The Labute approximate surface area is 188 Å². The summed E-state index contributed by atoms with van der Waals surface area (Å²) in [5, 5.41) is 4.36. The largest absolute Gasteiger partial charge is 0.416 e. The molecule has 1 saturated carbocycles. The van der Waals surface area contributed by atoms with Crippen molar-refractivity contribution in [2.45, 2.75) is 52.3 Å². The number of aromatic nitrogens is 4. The van der Waals surface area contributed by atoms with Crippen molar-refractivity contribution in [1.82, 2.24) is 19.7 Å². The number of aliphatic imine (C=N–C) groups is 1. The van der Waals surface area contributed by atoms with E-state index < -0.39 is 17.4 Å². The Morgan fingerprint density at radius 1 is 1.21 bits per heavy atom. The lowest BCUT2D eigenvalue weighted by atomic mass is 9.95. The predicted molar refractivity (Wildman–Crippen MR) is 119 cm³/mol. The van der Waals surface area contributed by atoms with Crippen LogP contribution in [0.4, 0.5) is 13.2 Å². The number of alkyl halides is 3. The van der Waals surface area contributed by atoms with E-state index in [2.05, 4.69) is 20.1 Å². The number of nitrogens with two attached hydrogens (primary N) is 1. The first-order valence-corrected chi connectivity index (χ1v) is 10.6. The number of halogens is 3. The molecule has 0 radical (unpaired) electrons. The number of rotatable bonds is 5. The van der Waals surface area contributed by atoms with Crippen LogP contribution in [0.5, 0.6) is 0 Å². The van der Waals surface area contributed by atoms with Crippen molar-refractivity contribution in [2.75, 3.05) is 0 Å². The van der Waals surface area contributed by atoms with Crippen LogP contribution in [0.2, 0.25) is 0 Å². The molecule has 33 heavy (non-hydrogen) atoms. The number of aromatic amines is 1. The molecule has 1 fully saturated rings. The molecule has 1 aliphatic rings. The van der Waals surface area contributed by atoms with E-state index in [9.17, 15) is 18.0 Å². The number of hydrogen-bond acceptors (Lipinski definition) is 4. The molecule has 0 spiro atoms. The van der Waals surface area contributed by atoms with Gasteiger partial charge in [-0.3, -0.25) is 15.0 Å². The number of H-pyrrole nitrogens is 1. The fourth-order valence-electron chi connectivity index (χ4n) is 3.30. The maximum Gasteiger partial charge on any atom is 0.416 e. The summed E-state index contributed by atoms with van der Waals surface area (Å²) in [6.45, 7) is 6.26. The maximum atomic E-state index is 12.9. The van der Waals surface area contributed by atoms with Crippen LogP contribution >= 0.6 is 0 Å². The van der Waals surface area contributed by atoms with Gasteiger partial charge < -0.3 is 5.73 Å². The molecular formula is C23H25F3N6O. The molecule has 0 unspecified atom stereocenters. The van der Waals surface area contributed by atoms with Crippen LogP contribution in [-0.4, -0.2) is 25.6 Å². The van der Waals surface area contributed by atoms with Crippen molar-refractivity contribution in [1.29, 1.82) is 0 Å². The zero-order valence-corrected chi connectivity index (χ0v) is 18.6. The third-order valence-corrected chi connectivity index (χ3v) is 5.45. The lowest BCUT2D eigenvalue weighted by Gasteiger charge is -2.17. The molecule has 7 nitrogen and oxygen atoms in total. The van der Waals surface area contributed by atoms with Gasteiger partial charge in [-0.2, -0.15) is 17.9 Å². The topological polar surface area (TPSA) is 102 Å². The normalized spacial score (nSPS) is 15.2. The van der Waals surface area contributed by atoms with E-state index in [1.54, 1.807) is 6.20 Å². The molecular weight excluding hydrogens is 433 g/mol. The highest BCUT2D eigenvalue weighted by Crippen LogP contribution is 2.42. The number of hydrogen-bond donors (Lipinski definition) is 2. The number of nitrogens with zero attached hydrogens (tertiary/aromatic N) is 4. The molecule has 3 aromatic rings. The van der Waals surface area contributed by atoms with Gasteiger partial charge in [-0.05, 0) is 48.7 Å². The molecule has 4 rings (SSSR count). The molecule has 1 aromatic carbocycles. The third-order valence-electron chi connectivity index (χ3n) is 5.45. The lowest BCUT2D eigenvalue weighted by molar-refractivity contribution is -0.137. The molecule has 0 saturated heterocycles. The van der Waals surface area contributed by atoms with Crippen LogP contribution in [0.1, 0.15) is 56.4 Å². The van der Waals surface area contributed by atoms with Gasteiger partial charge in [-0.15, -0.1) is 5.10 Å². The zero-order valence-electron chi connectivity index (χ0n) is 18.6. The molecule has 1 aliphatic carbocycles. The number of nitrogens with one attached hydrogen (secondary N) is 1. The van der Waals surface area contributed by atoms with Gasteiger partial charge in [0.25, 0.3) is 0 Å². The Hall–Kier alpha value is -3.43. The number of benzene rings is 1. The van der Waals surface area contributed by atoms with Crippen molar-refractivity contribution < 1.29 is 13.2 Å². The third kappa shape index (κ3) is 4.99. The summed E-state index contributed by atoms with van der Waals surface area (Å²) in [7, 11) is 0. The number of pyridine rings is 1. The fraction of sp³-hybridized carbons (Fsp3) is 0.391. The van der Waals surface area contributed by atoms with E-state index in [1.807, 2.05) is 26.8 Å². The van der Waals surface area contributed by atoms with Gasteiger partial charge >= 0.3 is 11.9 Å². The smallest absolute Gasteiger partial charge is 0.387 e. The summed E-state index contributed by atoms with van der Waals surface area (Å²) in [4.78, 5) is 24.3. The fourth-order valence-corrected chi connectivity index (χ4v) is 3.30. The second kappa shape index (κ2) is 8.17. The molecule has 2 heterocycles. The lowest BCUT2D eigenvalue weighted by Crippen LogP contribution is -2.29. The summed E-state index contributed by atoms with van der Waals surface area (Å²) in [6.07, 6.45) is -0.706. The first-order chi connectivity index (χ1) is 15.4. The standard InChI is InChI=1S/C23H25F3N6O/c1-22(2,3)20(27)29-12-13-10-17(18(28-11-13)14-4-5-14)19-30-21(33)32(31-19)16-8-6-15(7-9-16)23(24,25)26/h6-11,14H,4-5,12H2,1-3H3,(H2,27,29)(H,30,31,33).